The van der Waals surface area contributed by atoms with E-state index < -0.39 is 23.5 Å². The van der Waals surface area contributed by atoms with Gasteiger partial charge in [0.2, 0.25) is 0 Å². The van der Waals surface area contributed by atoms with Gasteiger partial charge in [0.1, 0.15) is 0 Å². The smallest absolute Gasteiger partial charge is 1.00 e. The molecule has 0 unspecified atom stereocenters. The molecule has 0 fully saturated rings. The van der Waals surface area contributed by atoms with E-state index in [1.54, 1.807) is 0 Å². The molecule has 1 aromatic carbocycles. The quantitative estimate of drug-likeness (QED) is 0.422. The molecule has 0 bridgehead atoms. The average molecular weight is 359 g/mol. The van der Waals surface area contributed by atoms with Crippen LogP contribution < -0.4 is 17.0 Å². The van der Waals surface area contributed by atoms with E-state index >= 15 is 0 Å². The van der Waals surface area contributed by atoms with Crippen molar-refractivity contribution in [3.05, 3.63) is 41.8 Å². The molecule has 0 aromatic heterocycles. The molecule has 0 heterocycles. The Kier molecular flexibility index (Phi) is 8.68. The molecule has 0 aliphatic rings. The minimum atomic E-state index is -4.78. The molecule has 0 aliphatic carbocycles. The third-order valence-corrected chi connectivity index (χ3v) is 2.11. The number of rotatable bonds is 2. The van der Waals surface area contributed by atoms with E-state index in [1.165, 1.54) is 0 Å². The predicted molar refractivity (Wildman–Crippen MR) is 55.9 cm³/mol. The van der Waals surface area contributed by atoms with Crippen LogP contribution in [0.2, 0.25) is 0 Å². The molecule has 0 radical (unpaired) electrons. The van der Waals surface area contributed by atoms with Crippen molar-refractivity contribution in [3.8, 4) is 0 Å². The SMILES string of the molecule is [Br-].[CH2-]CCc1cc(C(F)(F)F)cc(C(F)(F)F)c1.[Mg+2]. The topological polar surface area (TPSA) is 0 Å². The Morgan fingerprint density at radius 3 is 1.47 bits per heavy atom. The second kappa shape index (κ2) is 7.73. The first-order valence-electron chi connectivity index (χ1n) is 4.72. The summed E-state index contributed by atoms with van der Waals surface area (Å²) in [6, 6.07) is 1.56. The zero-order chi connectivity index (χ0) is 13.3. The minimum Gasteiger partial charge on any atom is -1.00 e. The van der Waals surface area contributed by atoms with E-state index in [2.05, 4.69) is 6.92 Å². The fourth-order valence-electron chi connectivity index (χ4n) is 1.37. The Labute approximate surface area is 133 Å². The fraction of sp³-hybridized carbons (Fsp3) is 0.364. The van der Waals surface area contributed by atoms with Gasteiger partial charge in [-0.1, -0.05) is 6.42 Å². The molecule has 1 rings (SSSR count). The third-order valence-electron chi connectivity index (χ3n) is 2.11. The van der Waals surface area contributed by atoms with Crippen molar-refractivity contribution in [3.63, 3.8) is 0 Å². The van der Waals surface area contributed by atoms with Crippen LogP contribution in [-0.2, 0) is 18.8 Å². The number of benzene rings is 1. The van der Waals surface area contributed by atoms with Gasteiger partial charge in [-0.2, -0.15) is 32.8 Å². The average Bonchev–Trinajstić information content (AvgIpc) is 2.15. The Morgan fingerprint density at radius 2 is 1.21 bits per heavy atom. The molecule has 0 amide bonds. The van der Waals surface area contributed by atoms with Crippen LogP contribution in [0.4, 0.5) is 26.3 Å². The molecule has 0 N–H and O–H groups in total. The van der Waals surface area contributed by atoms with Crippen molar-refractivity contribution in [2.24, 2.45) is 0 Å². The van der Waals surface area contributed by atoms with Crippen LogP contribution in [0.25, 0.3) is 0 Å². The molecule has 0 saturated heterocycles. The van der Waals surface area contributed by atoms with Crippen molar-refractivity contribution in [1.82, 2.24) is 0 Å². The van der Waals surface area contributed by atoms with Crippen LogP contribution in [0.3, 0.4) is 0 Å². The van der Waals surface area contributed by atoms with E-state index in [1.807, 2.05) is 0 Å². The largest absolute Gasteiger partial charge is 2.00 e. The molecular formula is C11H9BrF6Mg. The van der Waals surface area contributed by atoms with Gasteiger partial charge in [-0.3, -0.25) is 0 Å². The standard InChI is InChI=1S/C11H9F6.BrH.Mg/c1-2-3-7-4-8(10(12,13)14)6-9(5-7)11(15,16)17;;/h4-6H,1-3H2;1H;/q-1;;+2/p-1. The van der Waals surface area contributed by atoms with Gasteiger partial charge in [0.15, 0.2) is 0 Å². The second-order valence-corrected chi connectivity index (χ2v) is 3.52. The van der Waals surface area contributed by atoms with Crippen LogP contribution in [0.5, 0.6) is 0 Å². The maximum atomic E-state index is 12.4. The van der Waals surface area contributed by atoms with Crippen LogP contribution in [0, 0.1) is 6.92 Å². The zero-order valence-electron chi connectivity index (χ0n) is 9.71. The Balaban J connectivity index is 0. The summed E-state index contributed by atoms with van der Waals surface area (Å²) in [5.74, 6) is 0. The maximum Gasteiger partial charge on any atom is 2.00 e. The minimum absolute atomic E-state index is 0. The molecule has 0 saturated carbocycles. The summed E-state index contributed by atoms with van der Waals surface area (Å²) in [5, 5.41) is 0. The normalized spacial score (nSPS) is 11.5. The first-order chi connectivity index (χ1) is 7.64. The molecular weight excluding hydrogens is 350 g/mol. The van der Waals surface area contributed by atoms with Crippen LogP contribution in [-0.4, -0.2) is 23.1 Å². The Hall–Kier alpha value is 0.0462. The van der Waals surface area contributed by atoms with Gasteiger partial charge in [-0.05, 0) is 23.8 Å². The van der Waals surface area contributed by atoms with E-state index in [0.717, 1.165) is 12.1 Å². The summed E-state index contributed by atoms with van der Waals surface area (Å²) in [4.78, 5) is 0. The second-order valence-electron chi connectivity index (χ2n) is 3.52. The van der Waals surface area contributed by atoms with Crippen LogP contribution in [0.15, 0.2) is 18.2 Å². The number of hydrogen-bond acceptors (Lipinski definition) is 0. The van der Waals surface area contributed by atoms with E-state index in [0.29, 0.717) is 0 Å². The monoisotopic (exact) mass is 358 g/mol. The summed E-state index contributed by atoms with van der Waals surface area (Å²) < 4.78 is 74.4. The fourth-order valence-corrected chi connectivity index (χ4v) is 1.37. The van der Waals surface area contributed by atoms with Gasteiger partial charge in [0.05, 0.1) is 11.1 Å². The van der Waals surface area contributed by atoms with Gasteiger partial charge in [-0.15, -0.1) is 0 Å². The molecule has 0 nitrogen and oxygen atoms in total. The number of alkyl halides is 6. The van der Waals surface area contributed by atoms with E-state index in [9.17, 15) is 26.3 Å². The molecule has 0 aliphatic heterocycles. The Morgan fingerprint density at radius 1 is 0.842 bits per heavy atom. The van der Waals surface area contributed by atoms with Gasteiger partial charge in [-0.25, -0.2) is 0 Å². The first-order valence-corrected chi connectivity index (χ1v) is 4.72. The summed E-state index contributed by atoms with van der Waals surface area (Å²) in [7, 11) is 0. The number of hydrogen-bond donors (Lipinski definition) is 0. The zero-order valence-corrected chi connectivity index (χ0v) is 12.7. The van der Waals surface area contributed by atoms with Gasteiger partial charge in [0.25, 0.3) is 0 Å². The third kappa shape index (κ3) is 6.35. The first kappa shape index (κ1) is 21.3. The van der Waals surface area contributed by atoms with Crippen molar-refractivity contribution in [2.75, 3.05) is 0 Å². The van der Waals surface area contributed by atoms with E-state index in [-0.39, 0.29) is 64.5 Å². The van der Waals surface area contributed by atoms with Gasteiger partial charge < -0.3 is 23.9 Å². The summed E-state index contributed by atoms with van der Waals surface area (Å²) >= 11 is 0. The summed E-state index contributed by atoms with van der Waals surface area (Å²) in [6.45, 7) is 3.40. The molecule has 8 heteroatoms. The van der Waals surface area contributed by atoms with Crippen LogP contribution >= 0.6 is 0 Å². The molecule has 19 heavy (non-hydrogen) atoms. The van der Waals surface area contributed by atoms with Gasteiger partial charge in [0, 0.05) is 0 Å². The molecule has 0 atom stereocenters. The van der Waals surface area contributed by atoms with Gasteiger partial charge >= 0.3 is 35.4 Å². The Bertz CT molecular complexity index is 367. The molecule has 1 aromatic rings. The maximum absolute atomic E-state index is 12.4. The number of halogens is 7. The van der Waals surface area contributed by atoms with Crippen molar-refractivity contribution in [1.29, 1.82) is 0 Å². The van der Waals surface area contributed by atoms with Crippen molar-refractivity contribution >= 4 is 23.1 Å². The molecule has 0 spiro atoms. The van der Waals surface area contributed by atoms with Crippen molar-refractivity contribution < 1.29 is 43.3 Å². The summed E-state index contributed by atoms with van der Waals surface area (Å²) in [5.41, 5.74) is -2.58. The van der Waals surface area contributed by atoms with Crippen molar-refractivity contribution in [2.45, 2.75) is 25.2 Å². The summed E-state index contributed by atoms with van der Waals surface area (Å²) in [6.07, 6.45) is -9.25. The predicted octanol–water partition coefficient (Wildman–Crippen LogP) is 1.11. The number of aryl methyl sites for hydroxylation is 1. The molecule has 104 valence electrons. The van der Waals surface area contributed by atoms with Crippen LogP contribution in [0.1, 0.15) is 23.1 Å². The van der Waals surface area contributed by atoms with E-state index in [4.69, 9.17) is 0 Å².